The summed E-state index contributed by atoms with van der Waals surface area (Å²) < 4.78 is 12.9. The zero-order valence-corrected chi connectivity index (χ0v) is 10.9. The summed E-state index contributed by atoms with van der Waals surface area (Å²) >= 11 is 0. The van der Waals surface area contributed by atoms with E-state index < -0.39 is 0 Å². The van der Waals surface area contributed by atoms with Crippen molar-refractivity contribution in [2.45, 2.75) is 0 Å². The van der Waals surface area contributed by atoms with E-state index in [9.17, 15) is 0 Å². The third-order valence-corrected chi connectivity index (χ3v) is 3.42. The first kappa shape index (κ1) is 11.1. The molecule has 0 aliphatic rings. The highest BCUT2D eigenvalue weighted by atomic mass is 16.5. The summed E-state index contributed by atoms with van der Waals surface area (Å²) in [6.45, 7) is 0. The molecule has 98 valence electrons. The molecule has 4 nitrogen and oxygen atoms in total. The van der Waals surface area contributed by atoms with Crippen LogP contribution >= 0.6 is 0 Å². The SMILES string of the molecule is COc1cnn(-c2cccc3c2oc2ccccc23)c1. The van der Waals surface area contributed by atoms with E-state index in [0.717, 1.165) is 33.4 Å². The molecule has 0 fully saturated rings. The lowest BCUT2D eigenvalue weighted by Gasteiger charge is -2.01. The van der Waals surface area contributed by atoms with Crippen LogP contribution in [0.1, 0.15) is 0 Å². The van der Waals surface area contributed by atoms with Crippen molar-refractivity contribution in [2.24, 2.45) is 0 Å². The molecule has 2 heterocycles. The standard InChI is InChI=1S/C16H12N2O2/c1-19-11-9-17-18(10-11)14-7-4-6-13-12-5-2-3-8-15(12)20-16(13)14/h2-10H,1H3. The van der Waals surface area contributed by atoms with Crippen molar-refractivity contribution >= 4 is 21.9 Å². The fraction of sp³-hybridized carbons (Fsp3) is 0.0625. The molecule has 4 aromatic rings. The molecule has 0 radical (unpaired) electrons. The highest BCUT2D eigenvalue weighted by Gasteiger charge is 2.12. The molecule has 4 heteroatoms. The van der Waals surface area contributed by atoms with E-state index in [1.807, 2.05) is 36.5 Å². The van der Waals surface area contributed by atoms with E-state index in [1.165, 1.54) is 0 Å². The van der Waals surface area contributed by atoms with Gasteiger partial charge in [0.05, 0.1) is 19.5 Å². The molecule has 0 saturated carbocycles. The van der Waals surface area contributed by atoms with Crippen molar-refractivity contribution in [1.29, 1.82) is 0 Å². The zero-order valence-electron chi connectivity index (χ0n) is 10.9. The smallest absolute Gasteiger partial charge is 0.161 e. The number of ether oxygens (including phenoxy) is 1. The van der Waals surface area contributed by atoms with Crippen molar-refractivity contribution in [2.75, 3.05) is 7.11 Å². The second-order valence-electron chi connectivity index (χ2n) is 4.58. The van der Waals surface area contributed by atoms with Crippen molar-refractivity contribution < 1.29 is 9.15 Å². The van der Waals surface area contributed by atoms with E-state index in [4.69, 9.17) is 9.15 Å². The number of methoxy groups -OCH3 is 1. The van der Waals surface area contributed by atoms with Gasteiger partial charge in [0.15, 0.2) is 11.3 Å². The van der Waals surface area contributed by atoms with Gasteiger partial charge in [-0.3, -0.25) is 0 Å². The summed E-state index contributed by atoms with van der Waals surface area (Å²) in [5.41, 5.74) is 2.62. The Labute approximate surface area is 115 Å². The molecule has 0 aliphatic heterocycles. The van der Waals surface area contributed by atoms with Gasteiger partial charge in [-0.2, -0.15) is 5.10 Å². The van der Waals surface area contributed by atoms with Gasteiger partial charge in [-0.25, -0.2) is 4.68 Å². The van der Waals surface area contributed by atoms with Gasteiger partial charge in [-0.15, -0.1) is 0 Å². The summed E-state index contributed by atoms with van der Waals surface area (Å²) in [5, 5.41) is 6.51. The van der Waals surface area contributed by atoms with Gasteiger partial charge in [-0.05, 0) is 12.1 Å². The number of nitrogens with zero attached hydrogens (tertiary/aromatic N) is 2. The summed E-state index contributed by atoms with van der Waals surface area (Å²) in [7, 11) is 1.63. The monoisotopic (exact) mass is 264 g/mol. The molecule has 0 amide bonds. The minimum absolute atomic E-state index is 0.720. The van der Waals surface area contributed by atoms with Crippen LogP contribution in [0.3, 0.4) is 0 Å². The van der Waals surface area contributed by atoms with Crippen LogP contribution in [0.5, 0.6) is 5.75 Å². The number of para-hydroxylation sites is 2. The maximum Gasteiger partial charge on any atom is 0.161 e. The molecule has 2 aromatic heterocycles. The summed E-state index contributed by atoms with van der Waals surface area (Å²) in [6.07, 6.45) is 3.52. The molecule has 4 rings (SSSR count). The third kappa shape index (κ3) is 1.51. The number of rotatable bonds is 2. The molecule has 0 aliphatic carbocycles. The molecule has 0 unspecified atom stereocenters. The van der Waals surface area contributed by atoms with Crippen LogP contribution in [0.2, 0.25) is 0 Å². The van der Waals surface area contributed by atoms with Crippen molar-refractivity contribution in [3.05, 3.63) is 54.9 Å². The number of furan rings is 1. The highest BCUT2D eigenvalue weighted by molar-refractivity contribution is 6.07. The first-order valence-electron chi connectivity index (χ1n) is 6.36. The molecule has 0 N–H and O–H groups in total. The van der Waals surface area contributed by atoms with E-state index in [-0.39, 0.29) is 0 Å². The van der Waals surface area contributed by atoms with Gasteiger partial charge >= 0.3 is 0 Å². The predicted octanol–water partition coefficient (Wildman–Crippen LogP) is 3.78. The van der Waals surface area contributed by atoms with Gasteiger partial charge in [-0.1, -0.05) is 30.3 Å². The minimum Gasteiger partial charge on any atom is -0.493 e. The predicted molar refractivity (Wildman–Crippen MR) is 77.4 cm³/mol. The van der Waals surface area contributed by atoms with Crippen LogP contribution in [0.4, 0.5) is 0 Å². The summed E-state index contributed by atoms with van der Waals surface area (Å²) in [6, 6.07) is 14.1. The van der Waals surface area contributed by atoms with Crippen molar-refractivity contribution in [3.8, 4) is 11.4 Å². The number of hydrogen-bond acceptors (Lipinski definition) is 3. The van der Waals surface area contributed by atoms with Gasteiger partial charge in [0.2, 0.25) is 0 Å². The number of aromatic nitrogens is 2. The van der Waals surface area contributed by atoms with Gasteiger partial charge in [0, 0.05) is 10.8 Å². The highest BCUT2D eigenvalue weighted by Crippen LogP contribution is 2.32. The van der Waals surface area contributed by atoms with Crippen LogP contribution in [0.25, 0.3) is 27.6 Å². The third-order valence-electron chi connectivity index (χ3n) is 3.42. The summed E-state index contributed by atoms with van der Waals surface area (Å²) in [4.78, 5) is 0. The topological polar surface area (TPSA) is 40.2 Å². The second kappa shape index (κ2) is 4.13. The van der Waals surface area contributed by atoms with Crippen LogP contribution in [-0.4, -0.2) is 16.9 Å². The minimum atomic E-state index is 0.720. The lowest BCUT2D eigenvalue weighted by Crippen LogP contribution is -1.94. The largest absolute Gasteiger partial charge is 0.493 e. The van der Waals surface area contributed by atoms with E-state index in [1.54, 1.807) is 18.0 Å². The Bertz CT molecular complexity index is 905. The molecular formula is C16H12N2O2. The first-order valence-corrected chi connectivity index (χ1v) is 6.36. The van der Waals surface area contributed by atoms with E-state index in [0.29, 0.717) is 0 Å². The number of fused-ring (bicyclic) bond motifs is 3. The fourth-order valence-electron chi connectivity index (χ4n) is 2.46. The molecule has 0 bridgehead atoms. The Morgan fingerprint density at radius 2 is 1.90 bits per heavy atom. The first-order chi connectivity index (χ1) is 9.86. The normalized spacial score (nSPS) is 11.2. The van der Waals surface area contributed by atoms with Gasteiger partial charge in [0.25, 0.3) is 0 Å². The number of benzene rings is 2. The van der Waals surface area contributed by atoms with Crippen molar-refractivity contribution in [1.82, 2.24) is 9.78 Å². The maximum atomic E-state index is 5.98. The lowest BCUT2D eigenvalue weighted by atomic mass is 10.1. The van der Waals surface area contributed by atoms with E-state index >= 15 is 0 Å². The maximum absolute atomic E-state index is 5.98. The fourth-order valence-corrected chi connectivity index (χ4v) is 2.46. The average Bonchev–Trinajstić information content (AvgIpc) is 3.11. The molecular weight excluding hydrogens is 252 g/mol. The van der Waals surface area contributed by atoms with Crippen LogP contribution in [-0.2, 0) is 0 Å². The molecule has 2 aromatic carbocycles. The lowest BCUT2D eigenvalue weighted by molar-refractivity contribution is 0.414. The average molecular weight is 264 g/mol. The van der Waals surface area contributed by atoms with Crippen molar-refractivity contribution in [3.63, 3.8) is 0 Å². The van der Waals surface area contributed by atoms with Crippen LogP contribution in [0, 0.1) is 0 Å². The molecule has 0 spiro atoms. The Morgan fingerprint density at radius 3 is 2.75 bits per heavy atom. The van der Waals surface area contributed by atoms with Gasteiger partial charge < -0.3 is 9.15 Å². The molecule has 20 heavy (non-hydrogen) atoms. The Hall–Kier alpha value is -2.75. The molecule has 0 atom stereocenters. The van der Waals surface area contributed by atoms with Crippen LogP contribution < -0.4 is 4.74 Å². The van der Waals surface area contributed by atoms with E-state index in [2.05, 4.69) is 17.2 Å². The Balaban J connectivity index is 2.04. The Morgan fingerprint density at radius 1 is 1.05 bits per heavy atom. The molecule has 0 saturated heterocycles. The quantitative estimate of drug-likeness (QED) is 0.553. The second-order valence-corrected chi connectivity index (χ2v) is 4.58. The van der Waals surface area contributed by atoms with Crippen LogP contribution in [0.15, 0.2) is 59.3 Å². The van der Waals surface area contributed by atoms with Gasteiger partial charge in [0.1, 0.15) is 11.3 Å². The zero-order chi connectivity index (χ0) is 13.5. The summed E-state index contributed by atoms with van der Waals surface area (Å²) in [5.74, 6) is 0.720. The Kier molecular flexibility index (Phi) is 2.29. The number of hydrogen-bond donors (Lipinski definition) is 0.